The Morgan fingerprint density at radius 2 is 1.56 bits per heavy atom. The summed E-state index contributed by atoms with van der Waals surface area (Å²) in [5.41, 5.74) is 9.31. The van der Waals surface area contributed by atoms with Gasteiger partial charge in [0.2, 0.25) is 11.8 Å². The number of carbonyl (C=O) groups is 5. The van der Waals surface area contributed by atoms with Crippen LogP contribution in [0, 0.1) is 11.8 Å². The zero-order valence-electron chi connectivity index (χ0n) is 30.8. The number of aliphatic hydroxyl groups excluding tert-OH is 1. The van der Waals surface area contributed by atoms with E-state index in [1.165, 1.54) is 5.56 Å². The highest BCUT2D eigenvalue weighted by atomic mass is 16.3. The summed E-state index contributed by atoms with van der Waals surface area (Å²) in [6.45, 7) is 6.45. The van der Waals surface area contributed by atoms with Crippen molar-refractivity contribution in [3.63, 3.8) is 0 Å². The summed E-state index contributed by atoms with van der Waals surface area (Å²) in [5.74, 6) is -0.384. The van der Waals surface area contributed by atoms with Crippen molar-refractivity contribution in [2.45, 2.75) is 56.9 Å². The van der Waals surface area contributed by atoms with Crippen LogP contribution in [0.15, 0.2) is 48.7 Å². The topological polar surface area (TPSA) is 194 Å². The van der Waals surface area contributed by atoms with Crippen LogP contribution in [0.2, 0.25) is 0 Å². The monoisotopic (exact) mass is 749 g/mol. The molecule has 55 heavy (non-hydrogen) atoms. The highest BCUT2D eigenvalue weighted by Crippen LogP contribution is 2.34. The summed E-state index contributed by atoms with van der Waals surface area (Å²) in [6.07, 6.45) is 6.71. The lowest BCUT2D eigenvalue weighted by Gasteiger charge is -2.34. The lowest BCUT2D eigenvalue weighted by atomic mass is 9.89. The predicted molar refractivity (Wildman–Crippen MR) is 204 cm³/mol. The van der Waals surface area contributed by atoms with Gasteiger partial charge >= 0.3 is 0 Å². The number of benzene rings is 2. The van der Waals surface area contributed by atoms with Crippen molar-refractivity contribution in [2.75, 3.05) is 67.5 Å². The van der Waals surface area contributed by atoms with Crippen molar-refractivity contribution in [1.82, 2.24) is 25.1 Å². The molecule has 2 aromatic carbocycles. The van der Waals surface area contributed by atoms with E-state index in [4.69, 9.17) is 10.7 Å². The molecule has 3 aromatic rings. The fraction of sp³-hybridized carbons (Fsp3) is 0.475. The third kappa shape index (κ3) is 7.50. The number of primary amides is 1. The maximum Gasteiger partial charge on any atom is 0.271 e. The SMILES string of the molecule is NC(=O)c1ncc(N2CCC(CO)CC2)nc1Nc1ccc(C2CCN(C[C@@H]3CCN(c4ccc5c(c4)C(=O)N(C4CCC(=O)NC4=O)C5=O)C3)CC2)cc1. The van der Waals surface area contributed by atoms with Crippen LogP contribution < -0.4 is 26.2 Å². The Bertz CT molecular complexity index is 1990. The summed E-state index contributed by atoms with van der Waals surface area (Å²) in [4.78, 5) is 79.7. The first kappa shape index (κ1) is 36.6. The number of piperidine rings is 3. The van der Waals surface area contributed by atoms with Crippen LogP contribution in [-0.4, -0.2) is 113 Å². The van der Waals surface area contributed by atoms with E-state index >= 15 is 0 Å². The Kier molecular flexibility index (Phi) is 10.2. The van der Waals surface area contributed by atoms with E-state index < -0.39 is 35.6 Å². The molecule has 8 rings (SSSR count). The number of fused-ring (bicyclic) bond motifs is 1. The Morgan fingerprint density at radius 1 is 0.855 bits per heavy atom. The number of hydrogen-bond acceptors (Lipinski definition) is 12. The Labute approximate surface area is 319 Å². The van der Waals surface area contributed by atoms with Gasteiger partial charge in [-0.25, -0.2) is 9.97 Å². The smallest absolute Gasteiger partial charge is 0.271 e. The fourth-order valence-corrected chi connectivity index (χ4v) is 8.81. The van der Waals surface area contributed by atoms with Gasteiger partial charge in [-0.15, -0.1) is 0 Å². The number of hydrogen-bond donors (Lipinski definition) is 4. The molecule has 4 fully saturated rings. The second-order valence-electron chi connectivity index (χ2n) is 15.5. The minimum atomic E-state index is -0.972. The maximum atomic E-state index is 13.3. The van der Waals surface area contributed by atoms with E-state index in [2.05, 4.69) is 42.5 Å². The first-order chi connectivity index (χ1) is 26.6. The number of anilines is 4. The van der Waals surface area contributed by atoms with Gasteiger partial charge in [-0.2, -0.15) is 0 Å². The molecule has 5 N–H and O–H groups in total. The first-order valence-corrected chi connectivity index (χ1v) is 19.4. The number of carbonyl (C=O) groups excluding carboxylic acids is 5. The zero-order chi connectivity index (χ0) is 38.2. The summed E-state index contributed by atoms with van der Waals surface area (Å²) in [6, 6.07) is 12.7. The van der Waals surface area contributed by atoms with Crippen LogP contribution in [0.1, 0.15) is 87.6 Å². The molecule has 15 heteroatoms. The van der Waals surface area contributed by atoms with Crippen molar-refractivity contribution >= 4 is 52.5 Å². The molecule has 0 bridgehead atoms. The van der Waals surface area contributed by atoms with Crippen LogP contribution in [-0.2, 0) is 9.59 Å². The third-order valence-electron chi connectivity index (χ3n) is 12.0. The summed E-state index contributed by atoms with van der Waals surface area (Å²) < 4.78 is 0. The molecule has 1 unspecified atom stereocenters. The van der Waals surface area contributed by atoms with Crippen molar-refractivity contribution in [3.8, 4) is 0 Å². The van der Waals surface area contributed by atoms with Crippen molar-refractivity contribution in [1.29, 1.82) is 0 Å². The molecule has 6 heterocycles. The number of imide groups is 2. The molecule has 0 spiro atoms. The molecule has 0 saturated carbocycles. The molecule has 4 saturated heterocycles. The van der Waals surface area contributed by atoms with Gasteiger partial charge in [0.15, 0.2) is 11.5 Å². The van der Waals surface area contributed by atoms with E-state index in [0.29, 0.717) is 40.5 Å². The number of aliphatic hydroxyl groups is 1. The zero-order valence-corrected chi connectivity index (χ0v) is 30.8. The van der Waals surface area contributed by atoms with Crippen molar-refractivity contribution in [2.24, 2.45) is 17.6 Å². The molecule has 5 aliphatic heterocycles. The van der Waals surface area contributed by atoms with E-state index in [1.54, 1.807) is 18.3 Å². The summed E-state index contributed by atoms with van der Waals surface area (Å²) >= 11 is 0. The predicted octanol–water partition coefficient (Wildman–Crippen LogP) is 2.63. The van der Waals surface area contributed by atoms with E-state index in [-0.39, 0.29) is 25.1 Å². The molecular formula is C40H47N9O6. The van der Waals surface area contributed by atoms with Gasteiger partial charge in [0.05, 0.1) is 17.3 Å². The van der Waals surface area contributed by atoms with Crippen LogP contribution >= 0.6 is 0 Å². The quantitative estimate of drug-likeness (QED) is 0.222. The van der Waals surface area contributed by atoms with Crippen LogP contribution in [0.3, 0.4) is 0 Å². The van der Waals surface area contributed by atoms with E-state index in [0.717, 1.165) is 94.2 Å². The Hall–Kier alpha value is -5.41. The maximum absolute atomic E-state index is 13.3. The van der Waals surface area contributed by atoms with Gasteiger partial charge < -0.3 is 30.9 Å². The standard InChI is InChI=1S/C40H47N9O6/c41-36(52)35-37(44-33(20-42-35)47-16-9-24(23-50)10-17-47)43-28-3-1-26(2-4-28)27-12-14-46(15-13-27)21-25-11-18-48(22-25)29-5-6-30-31(19-29)40(55)49(39(30)54)32-7-8-34(51)45-38(32)53/h1-6,19-20,24-25,27,32,50H,7-18,21-23H2,(H2,41,52)(H,43,44)(H,45,51,53)/t25-,32?/m0/s1. The molecule has 288 valence electrons. The van der Waals surface area contributed by atoms with Crippen LogP contribution in [0.25, 0.3) is 0 Å². The van der Waals surface area contributed by atoms with Gasteiger partial charge in [0.1, 0.15) is 11.9 Å². The second kappa shape index (κ2) is 15.4. The number of amides is 5. The van der Waals surface area contributed by atoms with Gasteiger partial charge in [-0.05, 0) is 105 Å². The second-order valence-corrected chi connectivity index (χ2v) is 15.5. The lowest BCUT2D eigenvalue weighted by Crippen LogP contribution is -2.54. The van der Waals surface area contributed by atoms with Crippen LogP contribution in [0.5, 0.6) is 0 Å². The molecule has 2 atom stereocenters. The molecule has 5 aliphatic rings. The van der Waals surface area contributed by atoms with Crippen LogP contribution in [0.4, 0.5) is 23.0 Å². The number of nitrogens with zero attached hydrogens (tertiary/aromatic N) is 6. The molecule has 15 nitrogen and oxygen atoms in total. The minimum absolute atomic E-state index is 0.0908. The highest BCUT2D eigenvalue weighted by Gasteiger charge is 2.45. The van der Waals surface area contributed by atoms with E-state index in [1.807, 2.05) is 18.2 Å². The van der Waals surface area contributed by atoms with Crippen molar-refractivity contribution in [3.05, 3.63) is 71.0 Å². The number of nitrogens with two attached hydrogens (primary N) is 1. The lowest BCUT2D eigenvalue weighted by molar-refractivity contribution is -0.136. The Morgan fingerprint density at radius 3 is 2.27 bits per heavy atom. The minimum Gasteiger partial charge on any atom is -0.396 e. The normalized spacial score (nSPS) is 22.7. The van der Waals surface area contributed by atoms with Gasteiger partial charge in [-0.3, -0.25) is 34.2 Å². The first-order valence-electron chi connectivity index (χ1n) is 19.4. The average molecular weight is 750 g/mol. The Balaban J connectivity index is 0.830. The molecule has 1 aromatic heterocycles. The molecular weight excluding hydrogens is 702 g/mol. The molecule has 5 amide bonds. The largest absolute Gasteiger partial charge is 0.396 e. The van der Waals surface area contributed by atoms with Gasteiger partial charge in [0.25, 0.3) is 17.7 Å². The van der Waals surface area contributed by atoms with Gasteiger partial charge in [-0.1, -0.05) is 12.1 Å². The van der Waals surface area contributed by atoms with Gasteiger partial charge in [0, 0.05) is 57.1 Å². The number of likely N-dealkylation sites (tertiary alicyclic amines) is 1. The van der Waals surface area contributed by atoms with E-state index in [9.17, 15) is 29.1 Å². The summed E-state index contributed by atoms with van der Waals surface area (Å²) in [5, 5.41) is 15.0. The third-order valence-corrected chi connectivity index (χ3v) is 12.0. The highest BCUT2D eigenvalue weighted by molar-refractivity contribution is 6.23. The fourth-order valence-electron chi connectivity index (χ4n) is 8.81. The molecule has 0 aliphatic carbocycles. The number of aromatic nitrogens is 2. The summed E-state index contributed by atoms with van der Waals surface area (Å²) in [7, 11) is 0. The average Bonchev–Trinajstić information content (AvgIpc) is 3.76. The number of rotatable bonds is 10. The van der Waals surface area contributed by atoms with Crippen molar-refractivity contribution < 1.29 is 29.1 Å². The molecule has 0 radical (unpaired) electrons. The number of nitrogens with one attached hydrogen (secondary N) is 2.